The second-order valence-electron chi connectivity index (χ2n) is 6.24. The summed E-state index contributed by atoms with van der Waals surface area (Å²) in [4.78, 5) is 10.7. The summed E-state index contributed by atoms with van der Waals surface area (Å²) in [5.74, 6) is 1.35. The van der Waals surface area contributed by atoms with Crippen LogP contribution in [0.25, 0.3) is 0 Å². The molecule has 5 nitrogen and oxygen atoms in total. The number of rotatable bonds is 5. The number of hydrogen-bond acceptors (Lipinski definition) is 3. The molecule has 2 heterocycles. The molecule has 9 heteroatoms. The maximum Gasteiger partial charge on any atom is 0.422 e. The molecule has 1 saturated heterocycles. The van der Waals surface area contributed by atoms with Gasteiger partial charge in [0.1, 0.15) is 0 Å². The van der Waals surface area contributed by atoms with Crippen molar-refractivity contribution in [3.05, 3.63) is 23.9 Å². The number of piperidine rings is 1. The molecule has 0 saturated carbocycles. The van der Waals surface area contributed by atoms with E-state index in [0.717, 1.165) is 32.0 Å². The van der Waals surface area contributed by atoms with E-state index in [-0.39, 0.29) is 36.4 Å². The zero-order chi connectivity index (χ0) is 18.3. The zero-order valence-electron chi connectivity index (χ0n) is 15.1. The summed E-state index contributed by atoms with van der Waals surface area (Å²) in [6.07, 6.45) is -0.667. The third-order valence-electron chi connectivity index (χ3n) is 3.91. The van der Waals surface area contributed by atoms with E-state index in [1.54, 1.807) is 12.1 Å². The maximum absolute atomic E-state index is 12.4. The molecule has 0 spiro atoms. The summed E-state index contributed by atoms with van der Waals surface area (Å²) in [5, 5.41) is 3.25. The molecular formula is C17H26F3IN4O. The normalized spacial score (nSPS) is 18.3. The Bertz CT molecular complexity index is 583. The fourth-order valence-electron chi connectivity index (χ4n) is 2.79. The van der Waals surface area contributed by atoms with E-state index < -0.39 is 12.8 Å². The average Bonchev–Trinajstić information content (AvgIpc) is 2.57. The van der Waals surface area contributed by atoms with Crippen molar-refractivity contribution in [3.8, 4) is 5.88 Å². The monoisotopic (exact) mass is 486 g/mol. The number of likely N-dealkylation sites (tertiary alicyclic amines) is 1. The van der Waals surface area contributed by atoms with Gasteiger partial charge in [0.2, 0.25) is 5.88 Å². The van der Waals surface area contributed by atoms with Crippen molar-refractivity contribution in [3.63, 3.8) is 0 Å². The van der Waals surface area contributed by atoms with Crippen LogP contribution in [0.1, 0.15) is 32.3 Å². The molecule has 1 aliphatic heterocycles. The number of hydrogen-bond donors (Lipinski definition) is 1. The Balaban J connectivity index is 0.00000338. The number of alkyl halides is 3. The maximum atomic E-state index is 12.4. The third kappa shape index (κ3) is 7.55. The van der Waals surface area contributed by atoms with Crippen LogP contribution in [0, 0.1) is 5.92 Å². The van der Waals surface area contributed by atoms with E-state index in [2.05, 4.69) is 27.1 Å². The summed E-state index contributed by atoms with van der Waals surface area (Å²) in [6, 6.07) is 3.35. The molecule has 148 valence electrons. The molecule has 26 heavy (non-hydrogen) atoms. The molecule has 1 aromatic heterocycles. The molecule has 0 radical (unpaired) electrons. The summed E-state index contributed by atoms with van der Waals surface area (Å²) in [7, 11) is 0. The van der Waals surface area contributed by atoms with Crippen LogP contribution in [0.2, 0.25) is 0 Å². The smallest absolute Gasteiger partial charge is 0.422 e. The molecule has 0 bridgehead atoms. The summed E-state index contributed by atoms with van der Waals surface area (Å²) < 4.78 is 41.9. The van der Waals surface area contributed by atoms with Gasteiger partial charge >= 0.3 is 6.18 Å². The van der Waals surface area contributed by atoms with Gasteiger partial charge in [-0.05, 0) is 31.7 Å². The van der Waals surface area contributed by atoms with Gasteiger partial charge in [-0.1, -0.05) is 13.0 Å². The fraction of sp³-hybridized carbons (Fsp3) is 0.647. The summed E-state index contributed by atoms with van der Waals surface area (Å²) in [6.45, 7) is 5.65. The average molecular weight is 486 g/mol. The van der Waals surface area contributed by atoms with Crippen molar-refractivity contribution < 1.29 is 17.9 Å². The Morgan fingerprint density at radius 3 is 2.88 bits per heavy atom. The molecule has 1 aliphatic rings. The first-order valence-corrected chi connectivity index (χ1v) is 8.55. The lowest BCUT2D eigenvalue weighted by Gasteiger charge is -2.33. The van der Waals surface area contributed by atoms with E-state index in [0.29, 0.717) is 11.5 Å². The molecule has 1 fully saturated rings. The van der Waals surface area contributed by atoms with Gasteiger partial charge in [-0.3, -0.25) is 0 Å². The second-order valence-corrected chi connectivity index (χ2v) is 6.24. The predicted octanol–water partition coefficient (Wildman–Crippen LogP) is 3.84. The minimum atomic E-state index is -4.39. The summed E-state index contributed by atoms with van der Waals surface area (Å²) >= 11 is 0. The molecule has 0 aromatic carbocycles. The summed E-state index contributed by atoms with van der Waals surface area (Å²) in [5.41, 5.74) is 0.534. The molecule has 1 aromatic rings. The number of nitrogens with zero attached hydrogens (tertiary/aromatic N) is 3. The zero-order valence-corrected chi connectivity index (χ0v) is 17.4. The topological polar surface area (TPSA) is 49.8 Å². The Hall–Kier alpha value is -1.26. The highest BCUT2D eigenvalue weighted by molar-refractivity contribution is 14.0. The number of nitrogens with one attached hydrogen (secondary N) is 1. The molecule has 1 unspecified atom stereocenters. The van der Waals surface area contributed by atoms with Crippen LogP contribution in [0.4, 0.5) is 13.2 Å². The van der Waals surface area contributed by atoms with E-state index in [4.69, 9.17) is 4.74 Å². The molecule has 0 aliphatic carbocycles. The van der Waals surface area contributed by atoms with Crippen LogP contribution in [-0.2, 0) is 6.54 Å². The van der Waals surface area contributed by atoms with Crippen molar-refractivity contribution in [2.45, 2.75) is 39.4 Å². The van der Waals surface area contributed by atoms with E-state index in [1.165, 1.54) is 12.6 Å². The lowest BCUT2D eigenvalue weighted by Crippen LogP contribution is -2.46. The van der Waals surface area contributed by atoms with Crippen molar-refractivity contribution in [2.24, 2.45) is 10.9 Å². The van der Waals surface area contributed by atoms with Crippen LogP contribution < -0.4 is 10.1 Å². The largest absolute Gasteiger partial charge is 0.468 e. The minimum absolute atomic E-state index is 0. The van der Waals surface area contributed by atoms with Gasteiger partial charge in [-0.15, -0.1) is 24.0 Å². The van der Waals surface area contributed by atoms with Crippen LogP contribution in [0.3, 0.4) is 0 Å². The van der Waals surface area contributed by atoms with E-state index >= 15 is 0 Å². The first kappa shape index (κ1) is 22.8. The van der Waals surface area contributed by atoms with E-state index in [9.17, 15) is 13.2 Å². The van der Waals surface area contributed by atoms with Gasteiger partial charge in [0, 0.05) is 31.4 Å². The number of guanidine groups is 1. The Morgan fingerprint density at radius 2 is 2.23 bits per heavy atom. The quantitative estimate of drug-likeness (QED) is 0.391. The second kappa shape index (κ2) is 10.8. The van der Waals surface area contributed by atoms with Gasteiger partial charge in [0.05, 0.1) is 6.54 Å². The van der Waals surface area contributed by atoms with Gasteiger partial charge < -0.3 is 15.0 Å². The van der Waals surface area contributed by atoms with Crippen LogP contribution in [-0.4, -0.2) is 48.3 Å². The highest BCUT2D eigenvalue weighted by Gasteiger charge is 2.29. The van der Waals surface area contributed by atoms with Crippen molar-refractivity contribution in [1.29, 1.82) is 0 Å². The lowest BCUT2D eigenvalue weighted by atomic mass is 10.0. The lowest BCUT2D eigenvalue weighted by molar-refractivity contribution is -0.154. The van der Waals surface area contributed by atoms with Crippen molar-refractivity contribution in [2.75, 3.05) is 26.2 Å². The number of ether oxygens (including phenoxy) is 1. The minimum Gasteiger partial charge on any atom is -0.468 e. The SMILES string of the molecule is CCNC(=NCc1cccnc1OCC(F)(F)F)N1CCCC(C)C1.I. The van der Waals surface area contributed by atoms with Crippen LogP contribution >= 0.6 is 24.0 Å². The third-order valence-corrected chi connectivity index (χ3v) is 3.91. The van der Waals surface area contributed by atoms with Gasteiger partial charge in [0.25, 0.3) is 0 Å². The molecule has 2 rings (SSSR count). The molecule has 1 N–H and O–H groups in total. The Morgan fingerprint density at radius 1 is 1.46 bits per heavy atom. The Labute approximate surface area is 169 Å². The van der Waals surface area contributed by atoms with E-state index in [1.807, 2.05) is 6.92 Å². The first-order valence-electron chi connectivity index (χ1n) is 8.55. The van der Waals surface area contributed by atoms with Crippen LogP contribution in [0.5, 0.6) is 5.88 Å². The van der Waals surface area contributed by atoms with Gasteiger partial charge in [0.15, 0.2) is 12.6 Å². The number of pyridine rings is 1. The highest BCUT2D eigenvalue weighted by Crippen LogP contribution is 2.21. The number of aliphatic imine (C=N–C) groups is 1. The van der Waals surface area contributed by atoms with Gasteiger partial charge in [-0.2, -0.15) is 13.2 Å². The molecular weight excluding hydrogens is 460 g/mol. The number of aromatic nitrogens is 1. The molecule has 0 amide bonds. The Kier molecular flexibility index (Phi) is 9.45. The standard InChI is InChI=1S/C17H25F3N4O.HI/c1-3-21-16(24-9-5-6-13(2)11-24)23-10-14-7-4-8-22-15(14)25-12-17(18,19)20;/h4,7-8,13H,3,5-6,9-12H2,1-2H3,(H,21,23);1H. The molecule has 1 atom stereocenters. The van der Waals surface area contributed by atoms with Gasteiger partial charge in [-0.25, -0.2) is 9.98 Å². The predicted molar refractivity (Wildman–Crippen MR) is 106 cm³/mol. The fourth-order valence-corrected chi connectivity index (χ4v) is 2.79. The highest BCUT2D eigenvalue weighted by atomic mass is 127. The number of halogens is 4. The van der Waals surface area contributed by atoms with Crippen LogP contribution in [0.15, 0.2) is 23.3 Å². The first-order chi connectivity index (χ1) is 11.9. The van der Waals surface area contributed by atoms with Crippen molar-refractivity contribution in [1.82, 2.24) is 15.2 Å². The van der Waals surface area contributed by atoms with Crippen molar-refractivity contribution >= 4 is 29.9 Å².